The zero-order valence-electron chi connectivity index (χ0n) is 42.0. The molecule has 6 heteroatoms. The first-order chi connectivity index (χ1) is 31.0. The molecule has 0 rings (SSSR count). The third kappa shape index (κ3) is 46.2. The number of hydrogen-bond acceptors (Lipinski definition) is 5. The summed E-state index contributed by atoms with van der Waals surface area (Å²) in [6.45, 7) is 6.47. The second-order valence-corrected chi connectivity index (χ2v) is 18.7. The molecule has 0 saturated heterocycles. The average molecular weight is 884 g/mol. The van der Waals surface area contributed by atoms with E-state index in [-0.39, 0.29) is 24.9 Å². The van der Waals surface area contributed by atoms with E-state index in [9.17, 15) is 19.8 Å². The molecule has 0 aromatic carbocycles. The molecule has 0 aliphatic rings. The van der Waals surface area contributed by atoms with Gasteiger partial charge < -0.3 is 20.3 Å². The standard InChI is InChI=1S/C57H105NO5/c1-4-7-10-13-16-19-22-25-27-28-29-30-32-35-38-41-44-47-50-57(62)63-53(48-45-42-39-36-33-31-26-23-20-17-14-11-8-5-2)51-56(61)58-54(52-59)55(60)49-46-43-40-37-34-24-21-18-15-12-9-6-3/h27-31,33,36,39,53-55,59-60H,4-26,32,34-35,37-38,40-52H2,1-3H3,(H,58,61)/b28-27+,30-29+,33-31+,39-36+. The number of esters is 1. The van der Waals surface area contributed by atoms with Crippen molar-refractivity contribution in [1.82, 2.24) is 5.32 Å². The van der Waals surface area contributed by atoms with Crippen LogP contribution < -0.4 is 5.32 Å². The number of aliphatic hydroxyl groups is 2. The van der Waals surface area contributed by atoms with Crippen LogP contribution >= 0.6 is 0 Å². The second kappa shape index (κ2) is 50.8. The number of carbonyl (C=O) groups excluding carboxylic acids is 2. The lowest BCUT2D eigenvalue weighted by Crippen LogP contribution is -2.46. The maximum absolute atomic E-state index is 13.2. The molecule has 0 aromatic rings. The number of allylic oxidation sites excluding steroid dienone is 8. The topological polar surface area (TPSA) is 95.9 Å². The summed E-state index contributed by atoms with van der Waals surface area (Å²) in [6.07, 6.45) is 61.8. The molecule has 1 amide bonds. The fraction of sp³-hybridized carbons (Fsp3) is 0.825. The number of carbonyl (C=O) groups is 2. The third-order valence-electron chi connectivity index (χ3n) is 12.4. The van der Waals surface area contributed by atoms with Crippen LogP contribution in [0.1, 0.15) is 278 Å². The Morgan fingerprint density at radius 3 is 1.21 bits per heavy atom. The highest BCUT2D eigenvalue weighted by Gasteiger charge is 2.24. The normalized spacial score (nSPS) is 13.5. The van der Waals surface area contributed by atoms with Gasteiger partial charge >= 0.3 is 5.97 Å². The van der Waals surface area contributed by atoms with Crippen molar-refractivity contribution in [2.24, 2.45) is 0 Å². The van der Waals surface area contributed by atoms with Crippen LogP contribution in [-0.4, -0.2) is 46.9 Å². The summed E-state index contributed by atoms with van der Waals surface area (Å²) in [7, 11) is 0. The maximum atomic E-state index is 13.2. The van der Waals surface area contributed by atoms with Gasteiger partial charge in [0.15, 0.2) is 0 Å². The minimum atomic E-state index is -0.801. The average Bonchev–Trinajstić information content (AvgIpc) is 3.28. The van der Waals surface area contributed by atoms with Gasteiger partial charge in [0.1, 0.15) is 6.10 Å². The van der Waals surface area contributed by atoms with Crippen LogP contribution in [0.15, 0.2) is 48.6 Å². The van der Waals surface area contributed by atoms with E-state index >= 15 is 0 Å². The lowest BCUT2D eigenvalue weighted by Gasteiger charge is -2.24. The van der Waals surface area contributed by atoms with Crippen molar-refractivity contribution < 1.29 is 24.5 Å². The Balaban J connectivity index is 4.64. The van der Waals surface area contributed by atoms with E-state index < -0.39 is 18.2 Å². The summed E-state index contributed by atoms with van der Waals surface area (Å²) in [5.74, 6) is -0.532. The van der Waals surface area contributed by atoms with Gasteiger partial charge in [0.2, 0.25) is 5.91 Å². The van der Waals surface area contributed by atoms with Crippen LogP contribution in [-0.2, 0) is 14.3 Å². The van der Waals surface area contributed by atoms with Crippen LogP contribution in [0.4, 0.5) is 0 Å². The van der Waals surface area contributed by atoms with E-state index in [0.717, 1.165) is 77.0 Å². The molecule has 3 unspecified atom stereocenters. The maximum Gasteiger partial charge on any atom is 0.306 e. The number of aliphatic hydroxyl groups excluding tert-OH is 2. The Bertz CT molecular complexity index is 1080. The molecule has 0 spiro atoms. The van der Waals surface area contributed by atoms with Crippen molar-refractivity contribution in [3.8, 4) is 0 Å². The fourth-order valence-electron chi connectivity index (χ4n) is 8.24. The van der Waals surface area contributed by atoms with Crippen molar-refractivity contribution >= 4 is 11.9 Å². The molecule has 0 saturated carbocycles. The van der Waals surface area contributed by atoms with Gasteiger partial charge in [0, 0.05) is 6.42 Å². The van der Waals surface area contributed by atoms with E-state index in [4.69, 9.17) is 4.74 Å². The van der Waals surface area contributed by atoms with Gasteiger partial charge in [0.05, 0.1) is 25.2 Å². The second-order valence-electron chi connectivity index (χ2n) is 18.7. The molecule has 0 aliphatic heterocycles. The van der Waals surface area contributed by atoms with Gasteiger partial charge in [-0.25, -0.2) is 0 Å². The molecule has 3 N–H and O–H groups in total. The van der Waals surface area contributed by atoms with E-state index in [1.54, 1.807) is 0 Å². The molecule has 0 heterocycles. The van der Waals surface area contributed by atoms with Gasteiger partial charge in [-0.3, -0.25) is 9.59 Å². The van der Waals surface area contributed by atoms with Gasteiger partial charge in [-0.15, -0.1) is 0 Å². The van der Waals surface area contributed by atoms with Crippen LogP contribution in [0.5, 0.6) is 0 Å². The lowest BCUT2D eigenvalue weighted by atomic mass is 10.0. The molecular formula is C57H105NO5. The summed E-state index contributed by atoms with van der Waals surface area (Å²) < 4.78 is 5.91. The number of unbranched alkanes of at least 4 members (excludes halogenated alkanes) is 31. The monoisotopic (exact) mass is 884 g/mol. The Kier molecular flexibility index (Phi) is 49.1. The Morgan fingerprint density at radius 2 is 0.810 bits per heavy atom. The summed E-state index contributed by atoms with van der Waals surface area (Å²) in [5, 5.41) is 23.8. The molecule has 6 nitrogen and oxygen atoms in total. The van der Waals surface area contributed by atoms with Gasteiger partial charge in [0.25, 0.3) is 0 Å². The SMILES string of the molecule is CCCCCCCCC/C=C/C=C/CCCCCCCC(=O)OC(CCC/C=C/C=C/CCCCCCCCC)CC(=O)NC(CO)C(O)CCCCCCCCCCCCCC. The van der Waals surface area contributed by atoms with E-state index in [1.165, 1.54) is 154 Å². The fourth-order valence-corrected chi connectivity index (χ4v) is 8.24. The Hall–Kier alpha value is -2.18. The minimum Gasteiger partial charge on any atom is -0.462 e. The van der Waals surface area contributed by atoms with E-state index in [0.29, 0.717) is 19.3 Å². The highest BCUT2D eigenvalue weighted by Crippen LogP contribution is 2.17. The Morgan fingerprint density at radius 1 is 0.460 bits per heavy atom. The predicted molar refractivity (Wildman–Crippen MR) is 273 cm³/mol. The first-order valence-corrected chi connectivity index (χ1v) is 27.4. The highest BCUT2D eigenvalue weighted by molar-refractivity contribution is 5.77. The summed E-state index contributed by atoms with van der Waals surface area (Å²) >= 11 is 0. The quantitative estimate of drug-likeness (QED) is 0.0321. The predicted octanol–water partition coefficient (Wildman–Crippen LogP) is 16.6. The third-order valence-corrected chi connectivity index (χ3v) is 12.4. The summed E-state index contributed by atoms with van der Waals surface area (Å²) in [5.41, 5.74) is 0. The van der Waals surface area contributed by atoms with Crippen LogP contribution in [0.3, 0.4) is 0 Å². The van der Waals surface area contributed by atoms with Crippen LogP contribution in [0, 0.1) is 0 Å². The van der Waals surface area contributed by atoms with Crippen molar-refractivity contribution in [3.63, 3.8) is 0 Å². The molecule has 0 fully saturated rings. The number of amides is 1. The van der Waals surface area contributed by atoms with Crippen molar-refractivity contribution in [1.29, 1.82) is 0 Å². The Labute approximate surface area is 391 Å². The number of hydrogen-bond donors (Lipinski definition) is 3. The van der Waals surface area contributed by atoms with Crippen molar-refractivity contribution in [2.45, 2.75) is 296 Å². The number of rotatable bonds is 49. The molecule has 0 aromatic heterocycles. The number of ether oxygens (including phenoxy) is 1. The summed E-state index contributed by atoms with van der Waals surface area (Å²) in [4.78, 5) is 26.2. The van der Waals surface area contributed by atoms with Gasteiger partial charge in [-0.1, -0.05) is 243 Å². The first kappa shape index (κ1) is 60.8. The number of nitrogens with one attached hydrogen (secondary N) is 1. The molecule has 0 radical (unpaired) electrons. The molecule has 368 valence electrons. The van der Waals surface area contributed by atoms with Crippen LogP contribution in [0.25, 0.3) is 0 Å². The van der Waals surface area contributed by atoms with E-state index in [2.05, 4.69) is 74.7 Å². The zero-order valence-corrected chi connectivity index (χ0v) is 42.0. The lowest BCUT2D eigenvalue weighted by molar-refractivity contribution is -0.151. The van der Waals surface area contributed by atoms with Gasteiger partial charge in [-0.05, 0) is 70.6 Å². The van der Waals surface area contributed by atoms with Gasteiger partial charge in [-0.2, -0.15) is 0 Å². The molecule has 0 bridgehead atoms. The minimum absolute atomic E-state index is 0.0391. The highest BCUT2D eigenvalue weighted by atomic mass is 16.5. The first-order valence-electron chi connectivity index (χ1n) is 27.4. The molecule has 0 aliphatic carbocycles. The smallest absolute Gasteiger partial charge is 0.306 e. The van der Waals surface area contributed by atoms with Crippen LogP contribution in [0.2, 0.25) is 0 Å². The molecule has 3 atom stereocenters. The summed E-state index contributed by atoms with van der Waals surface area (Å²) in [6, 6.07) is -0.719. The van der Waals surface area contributed by atoms with Crippen molar-refractivity contribution in [2.75, 3.05) is 6.61 Å². The van der Waals surface area contributed by atoms with E-state index in [1.807, 2.05) is 0 Å². The van der Waals surface area contributed by atoms with Crippen molar-refractivity contribution in [3.05, 3.63) is 48.6 Å². The largest absolute Gasteiger partial charge is 0.462 e. The zero-order chi connectivity index (χ0) is 45.9. The molecular weight excluding hydrogens is 779 g/mol. The molecule has 63 heavy (non-hydrogen) atoms.